The maximum absolute atomic E-state index is 11.3. The van der Waals surface area contributed by atoms with E-state index in [1.54, 1.807) is 0 Å². The molecule has 1 aromatic heterocycles. The van der Waals surface area contributed by atoms with E-state index in [2.05, 4.69) is 49.0 Å². The second-order valence-electron chi connectivity index (χ2n) is 20.7. The van der Waals surface area contributed by atoms with Crippen LogP contribution < -0.4 is 5.73 Å². The van der Waals surface area contributed by atoms with Crippen LogP contribution in [0.1, 0.15) is 151 Å². The monoisotopic (exact) mass is 719 g/mol. The number of aliphatic hydroxyl groups is 1. The van der Waals surface area contributed by atoms with Gasteiger partial charge in [-0.15, -0.1) is 0 Å². The largest absolute Gasteiger partial charge is 0.508 e. The molecule has 3 heterocycles. The molecule has 11 rings (SSSR count). The van der Waals surface area contributed by atoms with Crippen molar-refractivity contribution in [1.82, 2.24) is 4.98 Å². The summed E-state index contributed by atoms with van der Waals surface area (Å²) in [5.74, 6) is 10.6. The number of aromatic hydroxyl groups is 1. The second kappa shape index (κ2) is 12.6. The number of phenols is 1. The molecule has 0 amide bonds. The second-order valence-corrected chi connectivity index (χ2v) is 20.7. The maximum Gasteiger partial charge on any atom is 0.115 e. The molecule has 3 spiro atoms. The minimum absolute atomic E-state index is 0.0302. The number of rotatable bonds is 4. The molecule has 11 atom stereocenters. The lowest BCUT2D eigenvalue weighted by Crippen LogP contribution is -2.84. The zero-order chi connectivity index (χ0) is 36.2. The van der Waals surface area contributed by atoms with Crippen molar-refractivity contribution in [2.45, 2.75) is 165 Å². The highest BCUT2D eigenvalue weighted by molar-refractivity contribution is 5.40. The Labute approximate surface area is 319 Å². The molecule has 6 bridgehead atoms. The third-order valence-corrected chi connectivity index (χ3v) is 18.0. The minimum Gasteiger partial charge on any atom is -0.508 e. The fourth-order valence-electron chi connectivity index (χ4n) is 16.1. The molecule has 5 N–H and O–H groups in total. The van der Waals surface area contributed by atoms with Gasteiger partial charge in [-0.2, -0.15) is 0 Å². The first kappa shape index (κ1) is 35.2. The summed E-state index contributed by atoms with van der Waals surface area (Å²) in [6.45, 7) is 4.96. The van der Waals surface area contributed by atoms with Crippen molar-refractivity contribution in [3.8, 4) is 17.6 Å². The van der Waals surface area contributed by atoms with Gasteiger partial charge in [0.15, 0.2) is 0 Å². The van der Waals surface area contributed by atoms with E-state index in [1.165, 1.54) is 106 Å². The van der Waals surface area contributed by atoms with Gasteiger partial charge in [0.05, 0.1) is 17.1 Å². The van der Waals surface area contributed by atoms with Gasteiger partial charge < -0.3 is 25.7 Å². The van der Waals surface area contributed by atoms with E-state index >= 15 is 0 Å². The number of nitrogens with two attached hydrogens (primary N) is 1. The number of hydrogen-bond donors (Lipinski definition) is 4. The van der Waals surface area contributed by atoms with E-state index in [-0.39, 0.29) is 30.0 Å². The highest BCUT2D eigenvalue weighted by Crippen LogP contribution is 2.72. The summed E-state index contributed by atoms with van der Waals surface area (Å²) < 4.78 is 8.35. The fourth-order valence-corrected chi connectivity index (χ4v) is 16.1. The molecule has 0 unspecified atom stereocenters. The van der Waals surface area contributed by atoms with Gasteiger partial charge in [0.1, 0.15) is 5.75 Å². The lowest BCUT2D eigenvalue weighted by atomic mass is 9.38. The number of aromatic amines is 1. The van der Waals surface area contributed by atoms with Crippen molar-refractivity contribution in [2.24, 2.45) is 58.0 Å². The Kier molecular flexibility index (Phi) is 8.38. The molecule has 2 aliphatic heterocycles. The summed E-state index contributed by atoms with van der Waals surface area (Å²) in [6, 6.07) is 8.52. The maximum atomic E-state index is 11.3. The molecule has 8 fully saturated rings. The van der Waals surface area contributed by atoms with Gasteiger partial charge in [0.2, 0.25) is 0 Å². The average Bonchev–Trinajstić information content (AvgIpc) is 3.92. The van der Waals surface area contributed by atoms with Crippen molar-refractivity contribution in [3.05, 3.63) is 52.8 Å². The van der Waals surface area contributed by atoms with Crippen LogP contribution in [0.5, 0.6) is 5.75 Å². The average molecular weight is 719 g/mol. The molecular weight excluding hydrogens is 653 g/mol. The van der Waals surface area contributed by atoms with Crippen LogP contribution in [0.2, 0.25) is 0 Å². The predicted octanol–water partition coefficient (Wildman–Crippen LogP) is 9.39. The zero-order valence-corrected chi connectivity index (χ0v) is 32.7. The lowest BCUT2D eigenvalue weighted by Gasteiger charge is -2.75. The summed E-state index contributed by atoms with van der Waals surface area (Å²) in [5.41, 5.74) is 13.1. The highest BCUT2D eigenvalue weighted by atomic mass is 16.5. The van der Waals surface area contributed by atoms with Gasteiger partial charge >= 0.3 is 0 Å². The number of H-pyrrole nitrogens is 1. The molecule has 53 heavy (non-hydrogen) atoms. The summed E-state index contributed by atoms with van der Waals surface area (Å²) >= 11 is 0. The predicted molar refractivity (Wildman–Crippen MR) is 210 cm³/mol. The van der Waals surface area contributed by atoms with Gasteiger partial charge in [0, 0.05) is 42.3 Å². The van der Waals surface area contributed by atoms with Gasteiger partial charge in [0.25, 0.3) is 0 Å². The highest BCUT2D eigenvalue weighted by Gasteiger charge is 2.77. The van der Waals surface area contributed by atoms with Crippen LogP contribution in [0.15, 0.2) is 30.5 Å². The lowest BCUT2D eigenvalue weighted by molar-refractivity contribution is -0.363. The number of hydrogen-bond acceptors (Lipinski definition) is 4. The van der Waals surface area contributed by atoms with E-state index in [0.717, 1.165) is 38.5 Å². The standard InChI is InChI=1S/C48H66N2O3/c1-3-31-21-41(50-29-31)36-22-38(27-46(25-36)17-6-7-18-46)44(2)43-35-11-13-37(30-51)48(43,49)42-10-8-9-33-23-40(52)14-12-34(33)19-32-20-39(47(42,26-35)53-44)28-45(24-32)15-4-5-16-45/h12,14,21,23,29,32,35-39,42-43,50-52H,3-7,9,11,13,15-20,22,24-28,30,49H2,1-2H3/t32-,35+,36+,37-,38-,39-,42-,43+,44-,47-,48+/m1/s1. The van der Waals surface area contributed by atoms with E-state index in [0.29, 0.717) is 52.6 Å². The number of aliphatic hydroxyl groups excluding tert-OH is 1. The molecule has 286 valence electrons. The van der Waals surface area contributed by atoms with Crippen LogP contribution in [-0.4, -0.2) is 38.5 Å². The van der Waals surface area contributed by atoms with Crippen LogP contribution in [-0.2, 0) is 24.0 Å². The first-order valence-corrected chi connectivity index (χ1v) is 22.2. The topological polar surface area (TPSA) is 91.5 Å². The Morgan fingerprint density at radius 2 is 1.66 bits per heavy atom. The first-order chi connectivity index (χ1) is 25.6. The number of aromatic nitrogens is 1. The number of nitrogens with one attached hydrogen (secondary N) is 1. The Morgan fingerprint density at radius 1 is 0.906 bits per heavy atom. The number of benzene rings is 1. The summed E-state index contributed by atoms with van der Waals surface area (Å²) in [4.78, 5) is 3.78. The van der Waals surface area contributed by atoms with Crippen LogP contribution in [0, 0.1) is 64.1 Å². The molecule has 5 heteroatoms. The van der Waals surface area contributed by atoms with Gasteiger partial charge in [-0.1, -0.05) is 50.5 Å². The molecule has 1 aromatic carbocycles. The number of aryl methyl sites for hydroxylation is 1. The quantitative estimate of drug-likeness (QED) is 0.237. The van der Waals surface area contributed by atoms with Crippen LogP contribution in [0.3, 0.4) is 0 Å². The zero-order valence-electron chi connectivity index (χ0n) is 32.7. The normalized spacial score (nSPS) is 43.5. The SMILES string of the molecule is CCc1c[nH]c([C@H]2C[C@@H]([C@@]3(C)O[C@@]45C[C@@H]6CC[C@H](CO)[C@](N)([C@@H]4C#CCc4cc(O)ccc4C[C@@H]4C[C@@H]5CC5(CCCC5)C4)[C@@H]63)CC3(CCCC3)C2)c1. The number of fused-ring (bicyclic) bond motifs is 4. The number of phenolic OH excluding ortho intramolecular Hbond substituents is 1. The van der Waals surface area contributed by atoms with Gasteiger partial charge in [-0.3, -0.25) is 0 Å². The molecule has 9 aliphatic rings. The Hall–Kier alpha value is -2.26. The summed E-state index contributed by atoms with van der Waals surface area (Å²) in [7, 11) is 0. The Balaban J connectivity index is 1.13. The van der Waals surface area contributed by atoms with E-state index in [1.807, 2.05) is 12.1 Å². The molecule has 7 aliphatic carbocycles. The van der Waals surface area contributed by atoms with E-state index in [4.69, 9.17) is 10.5 Å². The smallest absolute Gasteiger partial charge is 0.115 e. The molecule has 0 radical (unpaired) electrons. The van der Waals surface area contributed by atoms with Gasteiger partial charge in [-0.05, 0) is 179 Å². The van der Waals surface area contributed by atoms with Crippen molar-refractivity contribution in [1.29, 1.82) is 0 Å². The van der Waals surface area contributed by atoms with Crippen molar-refractivity contribution in [2.75, 3.05) is 6.61 Å². The van der Waals surface area contributed by atoms with Gasteiger partial charge in [-0.25, -0.2) is 0 Å². The van der Waals surface area contributed by atoms with Crippen LogP contribution in [0.25, 0.3) is 0 Å². The fraction of sp³-hybridized carbons (Fsp3) is 0.750. The molecular formula is C48H66N2O3. The minimum atomic E-state index is -0.598. The summed E-state index contributed by atoms with van der Waals surface area (Å²) in [6.07, 6.45) is 26.5. The third kappa shape index (κ3) is 5.34. The molecule has 2 aromatic rings. The molecule has 6 saturated carbocycles. The Morgan fingerprint density at radius 3 is 2.40 bits per heavy atom. The number of ether oxygens (including phenoxy) is 1. The van der Waals surface area contributed by atoms with E-state index < -0.39 is 11.1 Å². The Bertz CT molecular complexity index is 1770. The van der Waals surface area contributed by atoms with Crippen LogP contribution in [0.4, 0.5) is 0 Å². The third-order valence-electron chi connectivity index (χ3n) is 18.0. The van der Waals surface area contributed by atoms with Crippen molar-refractivity contribution >= 4 is 0 Å². The first-order valence-electron chi connectivity index (χ1n) is 22.2. The van der Waals surface area contributed by atoms with Crippen LogP contribution >= 0.6 is 0 Å². The van der Waals surface area contributed by atoms with Crippen molar-refractivity contribution < 1.29 is 14.9 Å². The summed E-state index contributed by atoms with van der Waals surface area (Å²) in [5, 5.41) is 21.9. The van der Waals surface area contributed by atoms with E-state index in [9.17, 15) is 10.2 Å². The molecule has 5 nitrogen and oxygen atoms in total. The van der Waals surface area contributed by atoms with Crippen molar-refractivity contribution in [3.63, 3.8) is 0 Å². The molecule has 2 saturated heterocycles.